The molecule has 1 aliphatic heterocycles. The normalized spacial score (nSPS) is 31.1. The van der Waals surface area contributed by atoms with Crippen LogP contribution in [0.4, 0.5) is 4.39 Å². The highest BCUT2D eigenvalue weighted by molar-refractivity contribution is 5.23. The van der Waals surface area contributed by atoms with E-state index in [1.807, 2.05) is 0 Å². The predicted octanol–water partition coefficient (Wildman–Crippen LogP) is 3.47. The molecule has 1 N–H and O–H groups in total. The Morgan fingerprint density at radius 1 is 1.30 bits per heavy atom. The number of halogens is 1. The van der Waals surface area contributed by atoms with Crippen LogP contribution in [-0.4, -0.2) is 41.8 Å². The second-order valence-corrected chi connectivity index (χ2v) is 8.54. The smallest absolute Gasteiger partial charge is 0.165 e. The van der Waals surface area contributed by atoms with Crippen molar-refractivity contribution in [2.75, 3.05) is 19.7 Å². The molecule has 0 amide bonds. The van der Waals surface area contributed by atoms with Crippen LogP contribution >= 0.6 is 0 Å². The highest BCUT2D eigenvalue weighted by Gasteiger charge is 2.49. The second-order valence-electron chi connectivity index (χ2n) is 8.54. The molecule has 4 heteroatoms. The number of β-amino-alcohol motifs (C(OH)–C–C–N with tert-alkyl or cyclic N) is 1. The van der Waals surface area contributed by atoms with Crippen molar-refractivity contribution in [2.45, 2.75) is 52.2 Å². The zero-order valence-corrected chi connectivity index (χ0v) is 14.4. The summed E-state index contributed by atoms with van der Waals surface area (Å²) in [7, 11) is 0. The SMILES string of the molecule is CC1(C)C[C@H]2C[C@](C)(CN2C[C@H](O)COc2ccccc2F)C1. The van der Waals surface area contributed by atoms with Gasteiger partial charge >= 0.3 is 0 Å². The van der Waals surface area contributed by atoms with Gasteiger partial charge in [0.2, 0.25) is 0 Å². The van der Waals surface area contributed by atoms with Gasteiger partial charge in [0.1, 0.15) is 12.7 Å². The number of ether oxygens (including phenoxy) is 1. The Hall–Kier alpha value is -1.13. The molecule has 0 unspecified atom stereocenters. The van der Waals surface area contributed by atoms with E-state index in [0.29, 0.717) is 23.4 Å². The summed E-state index contributed by atoms with van der Waals surface area (Å²) in [4.78, 5) is 2.41. The van der Waals surface area contributed by atoms with Crippen LogP contribution in [0.5, 0.6) is 5.75 Å². The van der Waals surface area contributed by atoms with Crippen molar-refractivity contribution in [1.29, 1.82) is 0 Å². The van der Waals surface area contributed by atoms with Gasteiger partial charge in [0.05, 0.1) is 0 Å². The fourth-order valence-electron chi connectivity index (χ4n) is 4.86. The van der Waals surface area contributed by atoms with E-state index in [9.17, 15) is 9.50 Å². The molecule has 3 atom stereocenters. The fourth-order valence-corrected chi connectivity index (χ4v) is 4.86. The van der Waals surface area contributed by atoms with Crippen LogP contribution < -0.4 is 4.74 Å². The number of hydrogen-bond acceptors (Lipinski definition) is 3. The van der Waals surface area contributed by atoms with Gasteiger partial charge < -0.3 is 9.84 Å². The van der Waals surface area contributed by atoms with Crippen LogP contribution in [-0.2, 0) is 0 Å². The molecule has 0 spiro atoms. The van der Waals surface area contributed by atoms with Gasteiger partial charge in [-0.15, -0.1) is 0 Å². The third kappa shape index (κ3) is 3.86. The number of nitrogens with zero attached hydrogens (tertiary/aromatic N) is 1. The Morgan fingerprint density at radius 3 is 2.78 bits per heavy atom. The van der Waals surface area contributed by atoms with E-state index in [0.717, 1.165) is 6.54 Å². The largest absolute Gasteiger partial charge is 0.488 e. The van der Waals surface area contributed by atoms with Gasteiger partial charge in [-0.25, -0.2) is 4.39 Å². The number of rotatable bonds is 5. The number of fused-ring (bicyclic) bond motifs is 2. The Morgan fingerprint density at radius 2 is 2.04 bits per heavy atom. The van der Waals surface area contributed by atoms with Crippen molar-refractivity contribution in [3.63, 3.8) is 0 Å². The fraction of sp³-hybridized carbons (Fsp3) is 0.684. The summed E-state index contributed by atoms with van der Waals surface area (Å²) in [5, 5.41) is 10.3. The van der Waals surface area contributed by atoms with Crippen molar-refractivity contribution in [2.24, 2.45) is 10.8 Å². The molecule has 0 radical (unpaired) electrons. The molecule has 2 fully saturated rings. The maximum atomic E-state index is 13.5. The Kier molecular flexibility index (Phi) is 4.41. The molecule has 2 aliphatic rings. The van der Waals surface area contributed by atoms with E-state index in [1.165, 1.54) is 25.3 Å². The number of hydrogen-bond donors (Lipinski definition) is 1. The van der Waals surface area contributed by atoms with Crippen LogP contribution in [0.3, 0.4) is 0 Å². The Labute approximate surface area is 138 Å². The maximum Gasteiger partial charge on any atom is 0.165 e. The summed E-state index contributed by atoms with van der Waals surface area (Å²) in [6, 6.07) is 6.87. The minimum atomic E-state index is -0.597. The summed E-state index contributed by atoms with van der Waals surface area (Å²) in [6.07, 6.45) is 3.05. The van der Waals surface area contributed by atoms with Gasteiger partial charge in [0, 0.05) is 19.1 Å². The van der Waals surface area contributed by atoms with Gasteiger partial charge in [0.15, 0.2) is 11.6 Å². The number of aliphatic hydroxyl groups excluding tert-OH is 1. The lowest BCUT2D eigenvalue weighted by molar-refractivity contribution is 0.0573. The lowest BCUT2D eigenvalue weighted by Crippen LogP contribution is -2.39. The van der Waals surface area contributed by atoms with Crippen molar-refractivity contribution >= 4 is 0 Å². The van der Waals surface area contributed by atoms with E-state index >= 15 is 0 Å². The van der Waals surface area contributed by atoms with Gasteiger partial charge in [-0.1, -0.05) is 32.9 Å². The van der Waals surface area contributed by atoms with Crippen molar-refractivity contribution in [3.8, 4) is 5.75 Å². The molecule has 1 saturated carbocycles. The zero-order chi connectivity index (χ0) is 16.7. The summed E-state index contributed by atoms with van der Waals surface area (Å²) in [5.74, 6) is -0.175. The number of para-hydroxylation sites is 1. The van der Waals surface area contributed by atoms with Crippen LogP contribution in [0, 0.1) is 16.6 Å². The Bertz CT molecular complexity index is 562. The molecule has 2 bridgehead atoms. The third-order valence-corrected chi connectivity index (χ3v) is 5.24. The van der Waals surface area contributed by atoms with E-state index in [4.69, 9.17) is 4.74 Å². The number of likely N-dealkylation sites (tertiary alicyclic amines) is 1. The van der Waals surface area contributed by atoms with E-state index in [-0.39, 0.29) is 18.2 Å². The van der Waals surface area contributed by atoms with E-state index < -0.39 is 6.10 Å². The third-order valence-electron chi connectivity index (χ3n) is 5.24. The zero-order valence-electron chi connectivity index (χ0n) is 14.4. The average Bonchev–Trinajstić information content (AvgIpc) is 2.66. The van der Waals surface area contributed by atoms with Gasteiger partial charge in [-0.3, -0.25) is 4.90 Å². The van der Waals surface area contributed by atoms with Gasteiger partial charge in [-0.05, 0) is 42.2 Å². The molecular weight excluding hydrogens is 293 g/mol. The van der Waals surface area contributed by atoms with Crippen LogP contribution in [0.1, 0.15) is 40.0 Å². The monoisotopic (exact) mass is 321 g/mol. The molecular formula is C19H28FNO2. The molecule has 1 saturated heterocycles. The Balaban J connectivity index is 1.55. The van der Waals surface area contributed by atoms with Gasteiger partial charge in [0.25, 0.3) is 0 Å². The van der Waals surface area contributed by atoms with Crippen molar-refractivity contribution in [3.05, 3.63) is 30.1 Å². The quantitative estimate of drug-likeness (QED) is 0.901. The molecule has 1 aromatic carbocycles. The van der Waals surface area contributed by atoms with Crippen LogP contribution in [0.2, 0.25) is 0 Å². The highest BCUT2D eigenvalue weighted by atomic mass is 19.1. The number of benzene rings is 1. The summed E-state index contributed by atoms with van der Waals surface area (Å²) in [6.45, 7) is 8.83. The first-order valence-electron chi connectivity index (χ1n) is 8.56. The second kappa shape index (κ2) is 6.06. The number of aliphatic hydroxyl groups is 1. The lowest BCUT2D eigenvalue weighted by atomic mass is 9.65. The minimum absolute atomic E-state index is 0.129. The molecule has 1 heterocycles. The summed E-state index contributed by atoms with van der Waals surface area (Å²) < 4.78 is 19.0. The first-order valence-corrected chi connectivity index (χ1v) is 8.56. The molecule has 1 aromatic rings. The van der Waals surface area contributed by atoms with Crippen molar-refractivity contribution < 1.29 is 14.2 Å². The molecule has 128 valence electrons. The van der Waals surface area contributed by atoms with Crippen molar-refractivity contribution in [1.82, 2.24) is 4.90 Å². The average molecular weight is 321 g/mol. The summed E-state index contributed by atoms with van der Waals surface area (Å²) >= 11 is 0. The predicted molar refractivity (Wildman–Crippen MR) is 89.0 cm³/mol. The minimum Gasteiger partial charge on any atom is -0.488 e. The topological polar surface area (TPSA) is 32.7 Å². The molecule has 23 heavy (non-hydrogen) atoms. The molecule has 3 rings (SSSR count). The molecule has 1 aliphatic carbocycles. The van der Waals surface area contributed by atoms with Crippen LogP contribution in [0.15, 0.2) is 24.3 Å². The van der Waals surface area contributed by atoms with Crippen LogP contribution in [0.25, 0.3) is 0 Å². The van der Waals surface area contributed by atoms with E-state index in [1.54, 1.807) is 18.2 Å². The molecule has 3 nitrogen and oxygen atoms in total. The first kappa shape index (κ1) is 16.7. The van der Waals surface area contributed by atoms with Gasteiger partial charge in [-0.2, -0.15) is 0 Å². The highest BCUT2D eigenvalue weighted by Crippen LogP contribution is 2.52. The maximum absolute atomic E-state index is 13.5. The standard InChI is InChI=1S/C19H28FNO2/c1-18(2)8-14-9-19(3,12-18)13-21(14)10-15(22)11-23-17-7-5-4-6-16(17)20/h4-7,14-15,22H,8-13H2,1-3H3/t14-,15-,19-/m0/s1. The first-order chi connectivity index (χ1) is 10.8. The molecule has 0 aromatic heterocycles. The lowest BCUT2D eigenvalue weighted by Gasteiger charge is -2.40. The van der Waals surface area contributed by atoms with E-state index in [2.05, 4.69) is 25.7 Å². The summed E-state index contributed by atoms with van der Waals surface area (Å²) in [5.41, 5.74) is 0.736.